The number of benzene rings is 3. The average molecular weight is 408 g/mol. The Kier molecular flexibility index (Phi) is 4.10. The van der Waals surface area contributed by atoms with Crippen LogP contribution in [-0.4, -0.2) is 13.8 Å². The molecule has 0 aromatic heterocycles. The molecular weight excluding hydrogens is 385 g/mol. The molecular formula is C23H23NOSe. The predicted molar refractivity (Wildman–Crippen MR) is 111 cm³/mol. The van der Waals surface area contributed by atoms with E-state index in [0.717, 1.165) is 31.4 Å². The quantitative estimate of drug-likeness (QED) is 0.431. The summed E-state index contributed by atoms with van der Waals surface area (Å²) in [6, 6.07) is 17.1. The zero-order valence-electron chi connectivity index (χ0n) is 15.9. The molecule has 2 nitrogen and oxygen atoms in total. The zero-order chi connectivity index (χ0) is 18.6. The van der Waals surface area contributed by atoms with E-state index in [2.05, 4.69) is 88.0 Å². The van der Waals surface area contributed by atoms with Crippen LogP contribution in [0.5, 0.6) is 0 Å². The number of hydrogen-bond donors (Lipinski definition) is 0. The SMILES string of the molecule is Cc1cc(C)c(N2c3ccc(C)cc3[Se](=O)c3cc(C)ccc32)c(C)c1. The second-order valence-corrected chi connectivity index (χ2v) is 10.3. The molecule has 3 aromatic rings. The molecule has 0 atom stereocenters. The summed E-state index contributed by atoms with van der Waals surface area (Å²) in [5.74, 6) is 0. The number of nitrogens with zero attached hydrogens (tertiary/aromatic N) is 1. The van der Waals surface area contributed by atoms with E-state index in [0.29, 0.717) is 0 Å². The minimum absolute atomic E-state index is 0.988. The first-order chi connectivity index (χ1) is 12.4. The number of rotatable bonds is 1. The van der Waals surface area contributed by atoms with Gasteiger partial charge in [0.1, 0.15) is 0 Å². The molecule has 0 amide bonds. The van der Waals surface area contributed by atoms with Crippen molar-refractivity contribution in [3.8, 4) is 0 Å². The van der Waals surface area contributed by atoms with Crippen LogP contribution in [0.4, 0.5) is 17.1 Å². The van der Waals surface area contributed by atoms with Gasteiger partial charge in [0.15, 0.2) is 0 Å². The number of aryl methyl sites for hydroxylation is 5. The summed E-state index contributed by atoms with van der Waals surface area (Å²) < 4.78 is 15.4. The first-order valence-electron chi connectivity index (χ1n) is 8.88. The van der Waals surface area contributed by atoms with Gasteiger partial charge in [0.2, 0.25) is 0 Å². The van der Waals surface area contributed by atoms with Gasteiger partial charge in [0.25, 0.3) is 0 Å². The summed E-state index contributed by atoms with van der Waals surface area (Å²) in [7, 11) is 0. The summed E-state index contributed by atoms with van der Waals surface area (Å²) in [6.45, 7) is 10.6. The van der Waals surface area contributed by atoms with E-state index in [-0.39, 0.29) is 0 Å². The molecule has 0 fully saturated rings. The van der Waals surface area contributed by atoms with E-state index in [4.69, 9.17) is 0 Å². The van der Waals surface area contributed by atoms with E-state index in [1.807, 2.05) is 0 Å². The van der Waals surface area contributed by atoms with Crippen LogP contribution in [0.1, 0.15) is 27.8 Å². The van der Waals surface area contributed by atoms with Crippen molar-refractivity contribution in [2.45, 2.75) is 34.6 Å². The van der Waals surface area contributed by atoms with Crippen LogP contribution >= 0.6 is 0 Å². The van der Waals surface area contributed by atoms with E-state index < -0.39 is 13.8 Å². The molecule has 1 heterocycles. The Bertz CT molecular complexity index is 989. The standard InChI is InChI=1S/C23H23NOSe/c1-14-6-8-19-21(12-14)26(25)22-13-15(2)7-9-20(22)24(19)23-17(4)10-16(3)11-18(23)5/h6-13H,1-5H3. The number of hydrogen-bond acceptors (Lipinski definition) is 2. The molecule has 0 bridgehead atoms. The van der Waals surface area contributed by atoms with Crippen molar-refractivity contribution in [2.75, 3.05) is 4.90 Å². The predicted octanol–water partition coefficient (Wildman–Crippen LogP) is 4.55. The molecule has 3 heteroatoms. The van der Waals surface area contributed by atoms with Crippen LogP contribution < -0.4 is 13.8 Å². The molecule has 0 radical (unpaired) electrons. The van der Waals surface area contributed by atoms with Gasteiger partial charge >= 0.3 is 160 Å². The summed E-state index contributed by atoms with van der Waals surface area (Å²) in [4.78, 5) is 2.31. The fraction of sp³-hybridized carbons (Fsp3) is 0.217. The van der Waals surface area contributed by atoms with Gasteiger partial charge in [-0.2, -0.15) is 0 Å². The van der Waals surface area contributed by atoms with E-state index >= 15 is 0 Å². The van der Waals surface area contributed by atoms with Gasteiger partial charge in [-0.05, 0) is 0 Å². The molecule has 1 aliphatic heterocycles. The van der Waals surface area contributed by atoms with Crippen LogP contribution in [0.15, 0.2) is 48.5 Å². The fourth-order valence-electron chi connectivity index (χ4n) is 3.92. The molecule has 0 N–H and O–H groups in total. The Labute approximate surface area is 159 Å². The van der Waals surface area contributed by atoms with Crippen LogP contribution in [-0.2, 0) is 3.83 Å². The van der Waals surface area contributed by atoms with Crippen molar-refractivity contribution < 1.29 is 3.83 Å². The van der Waals surface area contributed by atoms with Crippen molar-refractivity contribution in [3.63, 3.8) is 0 Å². The van der Waals surface area contributed by atoms with Crippen molar-refractivity contribution >= 4 is 39.8 Å². The van der Waals surface area contributed by atoms with Gasteiger partial charge < -0.3 is 0 Å². The van der Waals surface area contributed by atoms with Gasteiger partial charge in [-0.3, -0.25) is 0 Å². The third kappa shape index (κ3) is 2.63. The van der Waals surface area contributed by atoms with Crippen LogP contribution in [0.3, 0.4) is 0 Å². The summed E-state index contributed by atoms with van der Waals surface area (Å²) in [6.07, 6.45) is 0. The first kappa shape index (κ1) is 17.2. The number of fused-ring (bicyclic) bond motifs is 2. The van der Waals surface area contributed by atoms with E-state index in [9.17, 15) is 3.83 Å². The molecule has 132 valence electrons. The molecule has 0 saturated heterocycles. The van der Waals surface area contributed by atoms with Crippen LogP contribution in [0.2, 0.25) is 0 Å². The first-order valence-corrected chi connectivity index (χ1v) is 11.3. The second kappa shape index (κ2) is 6.19. The second-order valence-electron chi connectivity index (χ2n) is 7.29. The minimum atomic E-state index is -2.28. The molecule has 4 rings (SSSR count). The monoisotopic (exact) mass is 409 g/mol. The van der Waals surface area contributed by atoms with Crippen molar-refractivity contribution in [2.24, 2.45) is 0 Å². The maximum atomic E-state index is 13.4. The molecule has 3 aromatic carbocycles. The average Bonchev–Trinajstić information content (AvgIpc) is 2.57. The topological polar surface area (TPSA) is 20.3 Å². The molecule has 26 heavy (non-hydrogen) atoms. The Morgan fingerprint density at radius 1 is 0.654 bits per heavy atom. The van der Waals surface area contributed by atoms with Gasteiger partial charge in [-0.1, -0.05) is 0 Å². The fourth-order valence-corrected chi connectivity index (χ4v) is 7.12. The maximum absolute atomic E-state index is 13.4. The van der Waals surface area contributed by atoms with Crippen molar-refractivity contribution in [1.82, 2.24) is 0 Å². The third-order valence-electron chi connectivity index (χ3n) is 4.97. The van der Waals surface area contributed by atoms with Crippen molar-refractivity contribution in [3.05, 3.63) is 76.3 Å². The molecule has 0 aliphatic carbocycles. The van der Waals surface area contributed by atoms with Crippen LogP contribution in [0, 0.1) is 34.6 Å². The van der Waals surface area contributed by atoms with Gasteiger partial charge in [0.05, 0.1) is 0 Å². The molecule has 0 unspecified atom stereocenters. The van der Waals surface area contributed by atoms with E-state index in [1.54, 1.807) is 0 Å². The van der Waals surface area contributed by atoms with Gasteiger partial charge in [-0.15, -0.1) is 0 Å². The van der Waals surface area contributed by atoms with Gasteiger partial charge in [-0.25, -0.2) is 0 Å². The zero-order valence-corrected chi connectivity index (χ0v) is 17.6. The van der Waals surface area contributed by atoms with Gasteiger partial charge in [0, 0.05) is 0 Å². The summed E-state index contributed by atoms with van der Waals surface area (Å²) in [5, 5.41) is 0. The van der Waals surface area contributed by atoms with Crippen LogP contribution in [0.25, 0.3) is 0 Å². The normalized spacial score (nSPS) is 13.5. The Balaban J connectivity index is 2.08. The number of anilines is 3. The van der Waals surface area contributed by atoms with E-state index in [1.165, 1.54) is 22.4 Å². The summed E-state index contributed by atoms with van der Waals surface area (Å²) >= 11 is -2.28. The molecule has 0 saturated carbocycles. The Morgan fingerprint density at radius 2 is 1.12 bits per heavy atom. The third-order valence-corrected chi connectivity index (χ3v) is 8.02. The molecule has 0 spiro atoms. The Morgan fingerprint density at radius 3 is 1.58 bits per heavy atom. The Hall–Kier alpha value is -2.22. The molecule has 1 aliphatic rings. The van der Waals surface area contributed by atoms with Crippen molar-refractivity contribution in [1.29, 1.82) is 0 Å². The summed E-state index contributed by atoms with van der Waals surface area (Å²) in [5.41, 5.74) is 9.37.